The van der Waals surface area contributed by atoms with Gasteiger partial charge >= 0.3 is 5.97 Å². The molecule has 8 nitrogen and oxygen atoms in total. The Labute approximate surface area is 160 Å². The van der Waals surface area contributed by atoms with E-state index in [9.17, 15) is 18.0 Å². The van der Waals surface area contributed by atoms with Gasteiger partial charge < -0.3 is 10.1 Å². The normalized spacial score (nSPS) is 11.3. The van der Waals surface area contributed by atoms with Crippen LogP contribution in [-0.2, 0) is 35.2 Å². The summed E-state index contributed by atoms with van der Waals surface area (Å²) in [7, 11) is -3.78. The number of amides is 1. The standard InChI is InChI=1S/C16H24N2O6S.ClH/c1-13(19)18-8-5-9-25(21,22)24-12-16(2,3)15(20)23-11-14-6-4-7-17-10-14;/h4,6-7,10H,5,8-9,11-12H2,1-3H3,(H,18,19);1H. The number of aromatic nitrogens is 1. The molecule has 1 N–H and O–H groups in total. The van der Waals surface area contributed by atoms with Crippen molar-refractivity contribution < 1.29 is 26.9 Å². The lowest BCUT2D eigenvalue weighted by Gasteiger charge is -2.22. The Hall–Kier alpha value is -1.71. The van der Waals surface area contributed by atoms with Crippen LogP contribution in [-0.4, -0.2) is 44.2 Å². The molecule has 0 saturated carbocycles. The fraction of sp³-hybridized carbons (Fsp3) is 0.562. The SMILES string of the molecule is CC(=O)NCCCS(=O)(=O)OCC(C)(C)C(=O)OCc1cccnc1.Cl. The van der Waals surface area contributed by atoms with Crippen LogP contribution in [0.2, 0.25) is 0 Å². The predicted octanol–water partition coefficient (Wildman–Crippen LogP) is 1.45. The van der Waals surface area contributed by atoms with Crippen LogP contribution in [0.25, 0.3) is 0 Å². The highest BCUT2D eigenvalue weighted by atomic mass is 35.5. The average Bonchev–Trinajstić information content (AvgIpc) is 2.56. The van der Waals surface area contributed by atoms with E-state index in [1.54, 1.807) is 38.4 Å². The topological polar surface area (TPSA) is 112 Å². The van der Waals surface area contributed by atoms with Gasteiger partial charge in [0.05, 0.1) is 17.8 Å². The molecule has 1 rings (SSSR count). The van der Waals surface area contributed by atoms with Crippen LogP contribution in [0, 0.1) is 5.41 Å². The molecule has 1 aromatic heterocycles. The molecule has 0 atom stereocenters. The van der Waals surface area contributed by atoms with Crippen molar-refractivity contribution in [1.29, 1.82) is 0 Å². The maximum absolute atomic E-state index is 12.1. The molecule has 0 bridgehead atoms. The van der Waals surface area contributed by atoms with Gasteiger partial charge in [-0.25, -0.2) is 0 Å². The summed E-state index contributed by atoms with van der Waals surface area (Å²) in [5.74, 6) is -1.03. The van der Waals surface area contributed by atoms with Gasteiger partial charge in [-0.05, 0) is 26.3 Å². The fourth-order valence-corrected chi connectivity index (χ4v) is 2.79. The van der Waals surface area contributed by atoms with Crippen molar-refractivity contribution in [3.63, 3.8) is 0 Å². The molecule has 10 heteroatoms. The van der Waals surface area contributed by atoms with Crippen LogP contribution in [0.15, 0.2) is 24.5 Å². The van der Waals surface area contributed by atoms with Crippen LogP contribution < -0.4 is 5.32 Å². The zero-order chi connectivity index (χ0) is 18.9. The third-order valence-electron chi connectivity index (χ3n) is 3.19. The molecular weight excluding hydrogens is 384 g/mol. The molecule has 148 valence electrons. The van der Waals surface area contributed by atoms with Crippen LogP contribution in [0.1, 0.15) is 32.8 Å². The smallest absolute Gasteiger partial charge is 0.314 e. The average molecular weight is 409 g/mol. The minimum Gasteiger partial charge on any atom is -0.460 e. The van der Waals surface area contributed by atoms with E-state index in [0.29, 0.717) is 0 Å². The molecule has 1 amide bonds. The second-order valence-electron chi connectivity index (χ2n) is 6.18. The maximum Gasteiger partial charge on any atom is 0.314 e. The number of esters is 1. The maximum atomic E-state index is 12.1. The molecule has 0 aliphatic rings. The van der Waals surface area contributed by atoms with Gasteiger partial charge in [-0.15, -0.1) is 12.4 Å². The molecular formula is C16H25ClN2O6S. The van der Waals surface area contributed by atoms with Crippen LogP contribution in [0.4, 0.5) is 0 Å². The summed E-state index contributed by atoms with van der Waals surface area (Å²) in [5, 5.41) is 2.50. The van der Waals surface area contributed by atoms with Gasteiger partial charge in [0, 0.05) is 31.4 Å². The number of ether oxygens (including phenoxy) is 1. The summed E-state index contributed by atoms with van der Waals surface area (Å²) in [6.07, 6.45) is 3.42. The summed E-state index contributed by atoms with van der Waals surface area (Å²) in [6, 6.07) is 3.49. The lowest BCUT2D eigenvalue weighted by molar-refractivity contribution is -0.156. The third-order valence-corrected chi connectivity index (χ3v) is 4.46. The zero-order valence-corrected chi connectivity index (χ0v) is 16.7. The number of carbonyl (C=O) groups is 2. The molecule has 0 aliphatic carbocycles. The number of pyridine rings is 1. The summed E-state index contributed by atoms with van der Waals surface area (Å²) >= 11 is 0. The van der Waals surface area contributed by atoms with Gasteiger partial charge in [0.1, 0.15) is 6.61 Å². The Morgan fingerprint density at radius 2 is 2.00 bits per heavy atom. The van der Waals surface area contributed by atoms with E-state index >= 15 is 0 Å². The quantitative estimate of drug-likeness (QED) is 0.354. The molecule has 0 unspecified atom stereocenters. The van der Waals surface area contributed by atoms with E-state index in [4.69, 9.17) is 8.92 Å². The van der Waals surface area contributed by atoms with Crippen molar-refractivity contribution in [2.75, 3.05) is 18.9 Å². The number of hydrogen-bond donors (Lipinski definition) is 1. The van der Waals surface area contributed by atoms with Gasteiger partial charge in [0.15, 0.2) is 0 Å². The predicted molar refractivity (Wildman–Crippen MR) is 98.1 cm³/mol. The van der Waals surface area contributed by atoms with E-state index < -0.39 is 21.5 Å². The second kappa shape index (κ2) is 11.1. The lowest BCUT2D eigenvalue weighted by atomic mass is 9.95. The van der Waals surface area contributed by atoms with E-state index in [0.717, 1.165) is 5.56 Å². The Kier molecular flexibility index (Phi) is 10.4. The molecule has 1 aromatic rings. The van der Waals surface area contributed by atoms with E-state index in [1.807, 2.05) is 0 Å². The Bertz CT molecular complexity index is 679. The van der Waals surface area contributed by atoms with Crippen molar-refractivity contribution in [3.8, 4) is 0 Å². The summed E-state index contributed by atoms with van der Waals surface area (Å²) < 4.78 is 33.8. The number of halogens is 1. The van der Waals surface area contributed by atoms with Gasteiger partial charge in [-0.2, -0.15) is 8.42 Å². The minimum atomic E-state index is -3.78. The van der Waals surface area contributed by atoms with Crippen molar-refractivity contribution in [1.82, 2.24) is 10.3 Å². The third kappa shape index (κ3) is 9.69. The molecule has 0 spiro atoms. The number of rotatable bonds is 10. The largest absolute Gasteiger partial charge is 0.460 e. The van der Waals surface area contributed by atoms with E-state index in [-0.39, 0.29) is 50.2 Å². The van der Waals surface area contributed by atoms with Crippen LogP contribution in [0.5, 0.6) is 0 Å². The number of nitrogens with zero attached hydrogens (tertiary/aromatic N) is 1. The number of nitrogens with one attached hydrogen (secondary N) is 1. The molecule has 0 saturated heterocycles. The van der Waals surface area contributed by atoms with Gasteiger partial charge in [0.25, 0.3) is 10.1 Å². The highest BCUT2D eigenvalue weighted by molar-refractivity contribution is 7.86. The van der Waals surface area contributed by atoms with E-state index in [2.05, 4.69) is 10.3 Å². The summed E-state index contributed by atoms with van der Waals surface area (Å²) in [6.45, 7) is 4.43. The lowest BCUT2D eigenvalue weighted by Crippen LogP contribution is -2.33. The highest BCUT2D eigenvalue weighted by Crippen LogP contribution is 2.20. The minimum absolute atomic E-state index is 0. The summed E-state index contributed by atoms with van der Waals surface area (Å²) in [4.78, 5) is 26.8. The molecule has 0 aliphatic heterocycles. The van der Waals surface area contributed by atoms with Crippen molar-refractivity contribution in [2.24, 2.45) is 5.41 Å². The molecule has 0 fully saturated rings. The zero-order valence-electron chi connectivity index (χ0n) is 15.1. The number of carbonyl (C=O) groups excluding carboxylic acids is 2. The highest BCUT2D eigenvalue weighted by Gasteiger charge is 2.32. The van der Waals surface area contributed by atoms with Gasteiger partial charge in [-0.1, -0.05) is 6.07 Å². The first-order valence-corrected chi connectivity index (χ1v) is 9.38. The number of hydrogen-bond acceptors (Lipinski definition) is 7. The van der Waals surface area contributed by atoms with Crippen molar-refractivity contribution >= 4 is 34.4 Å². The molecule has 0 aromatic carbocycles. The first-order chi connectivity index (χ1) is 11.6. The van der Waals surface area contributed by atoms with Crippen molar-refractivity contribution in [3.05, 3.63) is 30.1 Å². The Balaban J connectivity index is 0.00000625. The first-order valence-electron chi connectivity index (χ1n) is 7.80. The Morgan fingerprint density at radius 3 is 2.58 bits per heavy atom. The molecule has 0 radical (unpaired) electrons. The molecule has 26 heavy (non-hydrogen) atoms. The van der Waals surface area contributed by atoms with Crippen molar-refractivity contribution in [2.45, 2.75) is 33.8 Å². The van der Waals surface area contributed by atoms with Crippen LogP contribution >= 0.6 is 12.4 Å². The Morgan fingerprint density at radius 1 is 1.31 bits per heavy atom. The molecule has 1 heterocycles. The fourth-order valence-electron chi connectivity index (χ4n) is 1.70. The van der Waals surface area contributed by atoms with Gasteiger partial charge in [-0.3, -0.25) is 18.8 Å². The monoisotopic (exact) mass is 408 g/mol. The second-order valence-corrected chi connectivity index (χ2v) is 7.94. The summed E-state index contributed by atoms with van der Waals surface area (Å²) in [5.41, 5.74) is -0.384. The van der Waals surface area contributed by atoms with E-state index in [1.165, 1.54) is 6.92 Å². The van der Waals surface area contributed by atoms with Gasteiger partial charge in [0.2, 0.25) is 5.91 Å². The van der Waals surface area contributed by atoms with Crippen LogP contribution in [0.3, 0.4) is 0 Å². The first kappa shape index (κ1) is 24.3.